The van der Waals surface area contributed by atoms with E-state index in [0.717, 1.165) is 19.3 Å². The second-order valence-electron chi connectivity index (χ2n) is 6.03. The van der Waals surface area contributed by atoms with Crippen molar-refractivity contribution in [3.63, 3.8) is 0 Å². The Balaban J connectivity index is 1.51. The Morgan fingerprint density at radius 2 is 1.90 bits per heavy atom. The van der Waals surface area contributed by atoms with Crippen LogP contribution >= 0.6 is 0 Å². The maximum Gasteiger partial charge on any atom is 0.305 e. The van der Waals surface area contributed by atoms with Gasteiger partial charge >= 0.3 is 11.9 Å². The van der Waals surface area contributed by atoms with Crippen molar-refractivity contribution in [1.29, 1.82) is 0 Å². The molecule has 4 atom stereocenters. The molecule has 114 valence electrons. The molecule has 5 heteroatoms. The summed E-state index contributed by atoms with van der Waals surface area (Å²) in [5, 5.41) is 8.49. The lowest BCUT2D eigenvalue weighted by atomic mass is 9.79. The summed E-state index contributed by atoms with van der Waals surface area (Å²) in [6.07, 6.45) is 5.67. The first-order valence-electron chi connectivity index (χ1n) is 7.59. The number of esters is 1. The molecule has 1 aliphatic heterocycles. The van der Waals surface area contributed by atoms with Gasteiger partial charge in [-0.05, 0) is 43.9 Å². The number of carboxylic acid groups (broad SMARTS) is 1. The minimum absolute atomic E-state index is 0.120. The Morgan fingerprint density at radius 1 is 1.20 bits per heavy atom. The first-order chi connectivity index (χ1) is 9.56. The average molecular weight is 284 g/mol. The van der Waals surface area contributed by atoms with E-state index in [1.165, 1.54) is 0 Å². The van der Waals surface area contributed by atoms with E-state index in [4.69, 9.17) is 14.6 Å². The molecule has 0 radical (unpaired) electrons. The summed E-state index contributed by atoms with van der Waals surface area (Å²) in [6, 6.07) is 0. The number of hydrogen-bond acceptors (Lipinski definition) is 4. The molecular weight excluding hydrogens is 260 g/mol. The Bertz CT molecular complexity index is 354. The van der Waals surface area contributed by atoms with E-state index >= 15 is 0 Å². The fourth-order valence-corrected chi connectivity index (χ4v) is 3.03. The molecule has 1 saturated heterocycles. The van der Waals surface area contributed by atoms with Gasteiger partial charge in [0.1, 0.15) is 0 Å². The number of ether oxygens (including phenoxy) is 2. The summed E-state index contributed by atoms with van der Waals surface area (Å²) < 4.78 is 10.8. The molecule has 0 bridgehead atoms. The third-order valence-corrected chi connectivity index (χ3v) is 4.40. The van der Waals surface area contributed by atoms with Gasteiger partial charge in [-0.25, -0.2) is 0 Å². The second kappa shape index (κ2) is 7.07. The van der Waals surface area contributed by atoms with Gasteiger partial charge in [0.05, 0.1) is 18.8 Å². The van der Waals surface area contributed by atoms with Gasteiger partial charge < -0.3 is 14.6 Å². The van der Waals surface area contributed by atoms with Crippen LogP contribution in [-0.4, -0.2) is 35.9 Å². The number of rotatable bonds is 8. The first kappa shape index (κ1) is 15.3. The lowest BCUT2D eigenvalue weighted by Crippen LogP contribution is -2.24. The van der Waals surface area contributed by atoms with Crippen molar-refractivity contribution in [2.75, 3.05) is 6.61 Å². The van der Waals surface area contributed by atoms with Crippen molar-refractivity contribution in [2.24, 2.45) is 11.8 Å². The predicted octanol–water partition coefficient (Wildman–Crippen LogP) is 2.38. The summed E-state index contributed by atoms with van der Waals surface area (Å²) in [7, 11) is 0. The van der Waals surface area contributed by atoms with E-state index in [9.17, 15) is 9.59 Å². The van der Waals surface area contributed by atoms with E-state index in [0.29, 0.717) is 49.9 Å². The lowest BCUT2D eigenvalue weighted by molar-refractivity contribution is -0.144. The normalized spacial score (nSPS) is 31.4. The maximum atomic E-state index is 11.5. The van der Waals surface area contributed by atoms with Crippen molar-refractivity contribution < 1.29 is 24.2 Å². The van der Waals surface area contributed by atoms with Gasteiger partial charge in [-0.3, -0.25) is 9.59 Å². The second-order valence-corrected chi connectivity index (χ2v) is 6.03. The van der Waals surface area contributed by atoms with Crippen LogP contribution in [0.4, 0.5) is 0 Å². The molecule has 2 rings (SSSR count). The Morgan fingerprint density at radius 3 is 2.65 bits per heavy atom. The van der Waals surface area contributed by atoms with Crippen LogP contribution in [0, 0.1) is 11.8 Å². The molecule has 0 aromatic carbocycles. The zero-order valence-electron chi connectivity index (χ0n) is 12.0. The highest BCUT2D eigenvalue weighted by Crippen LogP contribution is 2.43. The number of unbranched alkanes of at least 4 members (excludes halogenated alkanes) is 1. The van der Waals surface area contributed by atoms with Crippen LogP contribution in [0.25, 0.3) is 0 Å². The van der Waals surface area contributed by atoms with Crippen molar-refractivity contribution in [2.45, 2.75) is 64.1 Å². The molecule has 0 aromatic rings. The summed E-state index contributed by atoms with van der Waals surface area (Å²) in [5.41, 5.74) is 0. The average Bonchev–Trinajstić information content (AvgIpc) is 3.12. The molecule has 0 aromatic heterocycles. The third-order valence-electron chi connectivity index (χ3n) is 4.40. The van der Waals surface area contributed by atoms with E-state index in [1.807, 2.05) is 0 Å². The highest BCUT2D eigenvalue weighted by atomic mass is 16.6. The van der Waals surface area contributed by atoms with Gasteiger partial charge in [-0.15, -0.1) is 0 Å². The molecule has 5 nitrogen and oxygen atoms in total. The molecule has 1 aliphatic carbocycles. The number of hydrogen-bond donors (Lipinski definition) is 1. The zero-order chi connectivity index (χ0) is 14.5. The Kier molecular flexibility index (Phi) is 5.40. The molecule has 1 saturated carbocycles. The van der Waals surface area contributed by atoms with E-state index < -0.39 is 5.97 Å². The van der Waals surface area contributed by atoms with Crippen molar-refractivity contribution >= 4 is 11.9 Å². The fraction of sp³-hybridized carbons (Fsp3) is 0.867. The van der Waals surface area contributed by atoms with Gasteiger partial charge in [0.25, 0.3) is 0 Å². The Hall–Kier alpha value is -1.10. The molecule has 20 heavy (non-hydrogen) atoms. The molecule has 1 heterocycles. The van der Waals surface area contributed by atoms with Crippen LogP contribution in [0.1, 0.15) is 51.9 Å². The van der Waals surface area contributed by atoms with Crippen LogP contribution in [0.2, 0.25) is 0 Å². The first-order valence-corrected chi connectivity index (χ1v) is 7.59. The van der Waals surface area contributed by atoms with Crippen molar-refractivity contribution in [3.8, 4) is 0 Å². The van der Waals surface area contributed by atoms with Crippen LogP contribution in [0.15, 0.2) is 0 Å². The van der Waals surface area contributed by atoms with Gasteiger partial charge in [0.2, 0.25) is 0 Å². The largest absolute Gasteiger partial charge is 0.481 e. The SMILES string of the molecule is CC1CC2OC2CC1CCOC(=O)CCCCC(=O)O. The minimum Gasteiger partial charge on any atom is -0.481 e. The molecular formula is C15H24O5. The van der Waals surface area contributed by atoms with Gasteiger partial charge in [0, 0.05) is 12.8 Å². The predicted molar refractivity (Wildman–Crippen MR) is 72.2 cm³/mol. The van der Waals surface area contributed by atoms with Crippen LogP contribution < -0.4 is 0 Å². The van der Waals surface area contributed by atoms with Crippen molar-refractivity contribution in [3.05, 3.63) is 0 Å². The summed E-state index contributed by atoms with van der Waals surface area (Å²) in [5.74, 6) is 0.219. The van der Waals surface area contributed by atoms with E-state index in [1.54, 1.807) is 0 Å². The number of carboxylic acids is 1. The number of carbonyl (C=O) groups is 2. The maximum absolute atomic E-state index is 11.5. The molecule has 2 fully saturated rings. The Labute approximate surface area is 119 Å². The zero-order valence-corrected chi connectivity index (χ0v) is 12.0. The van der Waals surface area contributed by atoms with Gasteiger partial charge in [-0.2, -0.15) is 0 Å². The summed E-state index contributed by atoms with van der Waals surface area (Å²) in [6.45, 7) is 2.72. The molecule has 2 aliphatic rings. The number of aliphatic carboxylic acids is 1. The van der Waals surface area contributed by atoms with Crippen LogP contribution in [-0.2, 0) is 19.1 Å². The molecule has 0 amide bonds. The monoisotopic (exact) mass is 284 g/mol. The highest BCUT2D eigenvalue weighted by Gasteiger charge is 2.46. The van der Waals surface area contributed by atoms with E-state index in [-0.39, 0.29) is 12.4 Å². The standard InChI is InChI=1S/C15H24O5/c1-10-8-12-13(20-12)9-11(10)6-7-19-15(18)5-3-2-4-14(16)17/h10-13H,2-9H2,1H3,(H,16,17). The van der Waals surface area contributed by atoms with E-state index in [2.05, 4.69) is 6.92 Å². The summed E-state index contributed by atoms with van der Waals surface area (Å²) in [4.78, 5) is 21.8. The fourth-order valence-electron chi connectivity index (χ4n) is 3.03. The highest BCUT2D eigenvalue weighted by molar-refractivity contribution is 5.69. The quantitative estimate of drug-likeness (QED) is 0.421. The minimum atomic E-state index is -0.815. The lowest BCUT2D eigenvalue weighted by Gasteiger charge is -2.25. The smallest absolute Gasteiger partial charge is 0.305 e. The van der Waals surface area contributed by atoms with Crippen LogP contribution in [0.3, 0.4) is 0 Å². The third kappa shape index (κ3) is 4.78. The summed E-state index contributed by atoms with van der Waals surface area (Å²) >= 11 is 0. The number of carbonyl (C=O) groups excluding carboxylic acids is 1. The van der Waals surface area contributed by atoms with Crippen LogP contribution in [0.5, 0.6) is 0 Å². The molecule has 1 N–H and O–H groups in total. The van der Waals surface area contributed by atoms with Gasteiger partial charge in [0.15, 0.2) is 0 Å². The molecule has 4 unspecified atom stereocenters. The number of fused-ring (bicyclic) bond motifs is 1. The topological polar surface area (TPSA) is 76.1 Å². The molecule has 0 spiro atoms. The van der Waals surface area contributed by atoms with Crippen molar-refractivity contribution in [1.82, 2.24) is 0 Å². The van der Waals surface area contributed by atoms with Gasteiger partial charge in [-0.1, -0.05) is 6.92 Å². The number of epoxide rings is 1.